The fraction of sp³-hybridized carbons (Fsp3) is 0.652. The molecule has 3 heterocycles. The van der Waals surface area contributed by atoms with Gasteiger partial charge in [0.25, 0.3) is 0 Å². The first-order valence-electron chi connectivity index (χ1n) is 11.1. The minimum atomic E-state index is -1.53. The van der Waals surface area contributed by atoms with Gasteiger partial charge in [0, 0.05) is 24.4 Å². The quantitative estimate of drug-likeness (QED) is 0.759. The molecule has 3 aliphatic heterocycles. The van der Waals surface area contributed by atoms with E-state index in [1.54, 1.807) is 12.0 Å². The lowest BCUT2D eigenvalue weighted by molar-refractivity contribution is -0.158. The number of carbonyl (C=O) groups is 2. The zero-order valence-electron chi connectivity index (χ0n) is 17.3. The largest absolute Gasteiger partial charge is 0.495 e. The van der Waals surface area contributed by atoms with Crippen LogP contribution in [0.15, 0.2) is 18.2 Å². The predicted molar refractivity (Wildman–Crippen MR) is 107 cm³/mol. The number of aliphatic hydroxyl groups is 1. The smallest absolute Gasteiger partial charge is 0.414 e. The second-order valence-electron chi connectivity index (χ2n) is 9.97. The van der Waals surface area contributed by atoms with E-state index < -0.39 is 22.6 Å². The van der Waals surface area contributed by atoms with Crippen molar-refractivity contribution >= 4 is 17.6 Å². The number of fused-ring (bicyclic) bond motifs is 2. The summed E-state index contributed by atoms with van der Waals surface area (Å²) in [6.07, 6.45) is 2.99. The normalized spacial score (nSPS) is 46.8. The van der Waals surface area contributed by atoms with Crippen molar-refractivity contribution in [2.24, 2.45) is 17.8 Å². The molecular weight excluding hydrogens is 384 g/mol. The number of Topliss-reactive ketones (excluding diaryl/α,β-unsaturated/α-hetero) is 1. The molecule has 0 radical (unpaired) electrons. The van der Waals surface area contributed by atoms with Gasteiger partial charge in [-0.25, -0.2) is 4.79 Å². The molecule has 30 heavy (non-hydrogen) atoms. The maximum Gasteiger partial charge on any atom is 0.414 e. The molecule has 3 saturated carbocycles. The molecular formula is C23H26N2O5. The summed E-state index contributed by atoms with van der Waals surface area (Å²) in [5.41, 5.74) is -1.45. The van der Waals surface area contributed by atoms with Crippen molar-refractivity contribution in [2.45, 2.75) is 48.3 Å². The highest BCUT2D eigenvalue weighted by Gasteiger charge is 2.93. The van der Waals surface area contributed by atoms with Gasteiger partial charge >= 0.3 is 6.09 Å². The van der Waals surface area contributed by atoms with Crippen molar-refractivity contribution in [1.82, 2.24) is 4.90 Å². The molecule has 3 aliphatic carbocycles. The minimum absolute atomic E-state index is 0.0516. The van der Waals surface area contributed by atoms with E-state index in [4.69, 9.17) is 9.47 Å². The summed E-state index contributed by atoms with van der Waals surface area (Å²) in [6, 6.07) is 6.03. The molecule has 1 aromatic rings. The van der Waals surface area contributed by atoms with Gasteiger partial charge in [0.15, 0.2) is 11.4 Å². The zero-order chi connectivity index (χ0) is 20.6. The van der Waals surface area contributed by atoms with E-state index in [-0.39, 0.29) is 29.6 Å². The van der Waals surface area contributed by atoms with Gasteiger partial charge in [0.1, 0.15) is 5.75 Å². The van der Waals surface area contributed by atoms with Crippen LogP contribution in [0.4, 0.5) is 10.5 Å². The summed E-state index contributed by atoms with van der Waals surface area (Å²) in [5, 5.41) is 12.4. The number of amides is 1. The Bertz CT molecular complexity index is 1030. The third kappa shape index (κ3) is 1.33. The van der Waals surface area contributed by atoms with Gasteiger partial charge in [-0.15, -0.1) is 0 Å². The Balaban J connectivity index is 1.65. The summed E-state index contributed by atoms with van der Waals surface area (Å²) >= 11 is 0. The van der Waals surface area contributed by atoms with E-state index >= 15 is 0 Å². The molecule has 7 atom stereocenters. The molecule has 7 nitrogen and oxygen atoms in total. The monoisotopic (exact) mass is 410 g/mol. The molecule has 4 bridgehead atoms. The molecule has 7 rings (SSSR count). The number of piperidine rings is 1. The fourth-order valence-corrected chi connectivity index (χ4v) is 9.34. The van der Waals surface area contributed by atoms with Gasteiger partial charge in [-0.1, -0.05) is 12.1 Å². The maximum absolute atomic E-state index is 14.0. The summed E-state index contributed by atoms with van der Waals surface area (Å²) in [6.45, 7) is 1.65. The summed E-state index contributed by atoms with van der Waals surface area (Å²) in [7, 11) is 2.97. The summed E-state index contributed by atoms with van der Waals surface area (Å²) < 4.78 is 11.0. The molecule has 2 saturated heterocycles. The number of methoxy groups -OCH3 is 2. The van der Waals surface area contributed by atoms with E-state index in [2.05, 4.69) is 11.0 Å². The number of rotatable bonds is 1. The van der Waals surface area contributed by atoms with Crippen LogP contribution in [0.1, 0.15) is 31.2 Å². The first kappa shape index (κ1) is 17.5. The molecule has 1 amide bonds. The van der Waals surface area contributed by atoms with Crippen molar-refractivity contribution in [1.29, 1.82) is 0 Å². The fourth-order valence-electron chi connectivity index (χ4n) is 9.34. The van der Waals surface area contributed by atoms with E-state index in [9.17, 15) is 14.7 Å². The van der Waals surface area contributed by atoms with Crippen LogP contribution in [0.5, 0.6) is 5.75 Å². The number of carbonyl (C=O) groups excluding carboxylic acids is 2. The van der Waals surface area contributed by atoms with Gasteiger partial charge in [-0.05, 0) is 49.8 Å². The SMILES string of the molecule is COC(=O)N1c2c(OC)cccc2[C@]23[C@@H]4CN5CCCC([C@H]52)[C@@H]2CC[C@]13[C@]2(O)C4=O. The Kier molecular flexibility index (Phi) is 2.94. The Labute approximate surface area is 174 Å². The topological polar surface area (TPSA) is 79.3 Å². The number of ether oxygens (including phenoxy) is 2. The number of anilines is 1. The molecule has 158 valence electrons. The Morgan fingerprint density at radius 3 is 2.87 bits per heavy atom. The standard InChI is InChI=1S/C23H26N2O5/c1-29-16-7-3-6-14-17(16)25(20(27)30-2)21-9-8-13-12-5-4-10-24-11-15(19(26)23(13,21)28)22(14,21)18(12)24/h3,6-7,12-13,15,18,28H,4-5,8-11H2,1-2H3/t12?,13-,15+,18-,21-,22-,23+/m0/s1. The Hall–Kier alpha value is -2.12. The summed E-state index contributed by atoms with van der Waals surface area (Å²) in [4.78, 5) is 31.5. The Morgan fingerprint density at radius 1 is 1.27 bits per heavy atom. The van der Waals surface area contributed by atoms with E-state index in [0.29, 0.717) is 24.4 Å². The van der Waals surface area contributed by atoms with Gasteiger partial charge < -0.3 is 14.6 Å². The van der Waals surface area contributed by atoms with Gasteiger partial charge in [0.05, 0.1) is 30.9 Å². The van der Waals surface area contributed by atoms with Crippen LogP contribution in [-0.4, -0.2) is 66.4 Å². The number of para-hydroxylation sites is 1. The van der Waals surface area contributed by atoms with E-state index in [1.165, 1.54) is 7.11 Å². The molecule has 1 N–H and O–H groups in total. The molecule has 1 aromatic carbocycles. The van der Waals surface area contributed by atoms with Crippen LogP contribution < -0.4 is 9.64 Å². The van der Waals surface area contributed by atoms with Crippen molar-refractivity contribution in [3.63, 3.8) is 0 Å². The van der Waals surface area contributed by atoms with E-state index in [1.807, 2.05) is 12.1 Å². The second kappa shape index (κ2) is 5.02. The summed E-state index contributed by atoms with van der Waals surface area (Å²) in [5.74, 6) is 0.403. The van der Waals surface area contributed by atoms with Crippen molar-refractivity contribution in [3.05, 3.63) is 23.8 Å². The lowest BCUT2D eigenvalue weighted by Gasteiger charge is -2.59. The lowest BCUT2D eigenvalue weighted by atomic mass is 9.52. The molecule has 2 spiro atoms. The average Bonchev–Trinajstić information content (AvgIpc) is 3.35. The molecule has 7 heteroatoms. The highest BCUT2D eigenvalue weighted by Crippen LogP contribution is 2.80. The van der Waals surface area contributed by atoms with Crippen LogP contribution in [0.2, 0.25) is 0 Å². The molecule has 6 aliphatic rings. The number of hydrogen-bond acceptors (Lipinski definition) is 6. The van der Waals surface area contributed by atoms with Crippen LogP contribution in [0.25, 0.3) is 0 Å². The van der Waals surface area contributed by atoms with Crippen LogP contribution in [0, 0.1) is 17.8 Å². The van der Waals surface area contributed by atoms with Gasteiger partial charge in [0.2, 0.25) is 0 Å². The third-order valence-corrected chi connectivity index (χ3v) is 9.72. The molecule has 1 unspecified atom stereocenters. The first-order chi connectivity index (χ1) is 14.5. The average molecular weight is 410 g/mol. The van der Waals surface area contributed by atoms with Gasteiger partial charge in [-0.3, -0.25) is 14.6 Å². The maximum atomic E-state index is 14.0. The number of benzene rings is 1. The Morgan fingerprint density at radius 2 is 2.10 bits per heavy atom. The molecule has 0 aromatic heterocycles. The van der Waals surface area contributed by atoms with Crippen LogP contribution >= 0.6 is 0 Å². The predicted octanol–water partition coefficient (Wildman–Crippen LogP) is 1.71. The molecule has 5 fully saturated rings. The van der Waals surface area contributed by atoms with E-state index in [0.717, 1.165) is 31.4 Å². The highest BCUT2D eigenvalue weighted by molar-refractivity contribution is 6.08. The van der Waals surface area contributed by atoms with Gasteiger partial charge in [-0.2, -0.15) is 0 Å². The second-order valence-corrected chi connectivity index (χ2v) is 9.97. The number of hydrogen-bond donors (Lipinski definition) is 1. The zero-order valence-corrected chi connectivity index (χ0v) is 17.3. The highest BCUT2D eigenvalue weighted by atomic mass is 16.5. The van der Waals surface area contributed by atoms with Crippen LogP contribution in [-0.2, 0) is 14.9 Å². The van der Waals surface area contributed by atoms with Crippen molar-refractivity contribution < 1.29 is 24.2 Å². The van der Waals surface area contributed by atoms with Crippen molar-refractivity contribution in [3.8, 4) is 5.75 Å². The van der Waals surface area contributed by atoms with Crippen LogP contribution in [0.3, 0.4) is 0 Å². The number of nitrogens with zero attached hydrogens (tertiary/aromatic N) is 2. The lowest BCUT2D eigenvalue weighted by Crippen LogP contribution is -2.76. The minimum Gasteiger partial charge on any atom is -0.495 e. The number of ketones is 1. The van der Waals surface area contributed by atoms with Crippen molar-refractivity contribution in [2.75, 3.05) is 32.2 Å². The third-order valence-electron chi connectivity index (χ3n) is 9.72. The first-order valence-corrected chi connectivity index (χ1v) is 11.1.